The third-order valence-corrected chi connectivity index (χ3v) is 11.1. The molecule has 0 saturated carbocycles. The topological polar surface area (TPSA) is 35.0 Å². The van der Waals surface area contributed by atoms with E-state index in [1.165, 1.54) is 66.1 Å². The zero-order valence-electron chi connectivity index (χ0n) is 29.5. The molecular formula is C51H32N2O. The van der Waals surface area contributed by atoms with Crippen molar-refractivity contribution in [1.29, 1.82) is 0 Å². The fraction of sp³-hybridized carbons (Fsp3) is 0.0196. The number of benzene rings is 8. The van der Waals surface area contributed by atoms with Crippen LogP contribution in [0.25, 0.3) is 110 Å². The minimum Gasteiger partial charge on any atom is -0.497 e. The van der Waals surface area contributed by atoms with Crippen molar-refractivity contribution in [2.24, 2.45) is 0 Å². The highest BCUT2D eigenvalue weighted by atomic mass is 16.5. The van der Waals surface area contributed by atoms with Crippen LogP contribution in [0.15, 0.2) is 176 Å². The molecule has 0 fully saturated rings. The zero-order chi connectivity index (χ0) is 35.8. The Morgan fingerprint density at radius 3 is 1.70 bits per heavy atom. The van der Waals surface area contributed by atoms with Gasteiger partial charge in [-0.1, -0.05) is 140 Å². The van der Waals surface area contributed by atoms with Crippen LogP contribution < -0.4 is 4.74 Å². The molecule has 0 N–H and O–H groups in total. The van der Waals surface area contributed by atoms with Crippen molar-refractivity contribution in [3.63, 3.8) is 0 Å². The minimum atomic E-state index is 0.788. The minimum absolute atomic E-state index is 0.788. The number of hydrogen-bond donors (Lipinski definition) is 0. The summed E-state index contributed by atoms with van der Waals surface area (Å²) in [6.07, 6.45) is 1.84. The van der Waals surface area contributed by atoms with Gasteiger partial charge in [0.2, 0.25) is 0 Å². The van der Waals surface area contributed by atoms with Gasteiger partial charge in [-0.25, -0.2) is 4.98 Å². The molecule has 11 rings (SSSR count). The van der Waals surface area contributed by atoms with E-state index < -0.39 is 0 Å². The molecule has 1 aliphatic carbocycles. The van der Waals surface area contributed by atoms with Crippen LogP contribution in [0.1, 0.15) is 0 Å². The molecule has 3 nitrogen and oxygen atoms in total. The number of aromatic nitrogens is 2. The molecule has 0 saturated heterocycles. The summed E-state index contributed by atoms with van der Waals surface area (Å²) in [5, 5.41) is 7.15. The molecule has 252 valence electrons. The van der Waals surface area contributed by atoms with Gasteiger partial charge in [0.05, 0.1) is 23.8 Å². The molecule has 0 atom stereocenters. The third-order valence-electron chi connectivity index (χ3n) is 11.1. The standard InChI is InChI=1S/C51H32N2O/c1-54-37-29-35(28-36(30-37)44-26-23-34-22-21-33-16-11-27-52-50(33)51(34)53-44)38-24-25-43-47-39(38)19-10-20-42(47)48-45(31-12-4-2-5-13-31)40-17-8-9-18-41(40)46(49(43)48)32-14-6-3-7-15-32/h2-30H,1H3. The van der Waals surface area contributed by atoms with Gasteiger partial charge >= 0.3 is 0 Å². The summed E-state index contributed by atoms with van der Waals surface area (Å²) in [4.78, 5) is 9.90. The Balaban J connectivity index is 1.17. The normalized spacial score (nSPS) is 11.8. The number of hydrogen-bond acceptors (Lipinski definition) is 3. The van der Waals surface area contributed by atoms with Crippen molar-refractivity contribution in [2.45, 2.75) is 0 Å². The second-order valence-corrected chi connectivity index (χ2v) is 14.0. The Morgan fingerprint density at radius 1 is 0.407 bits per heavy atom. The molecule has 0 radical (unpaired) electrons. The van der Waals surface area contributed by atoms with Crippen LogP contribution in [0.5, 0.6) is 5.75 Å². The van der Waals surface area contributed by atoms with Crippen LogP contribution in [0.4, 0.5) is 0 Å². The summed E-state index contributed by atoms with van der Waals surface area (Å²) in [6.45, 7) is 0. The van der Waals surface area contributed by atoms with Crippen molar-refractivity contribution < 1.29 is 4.74 Å². The summed E-state index contributed by atoms with van der Waals surface area (Å²) < 4.78 is 5.95. The largest absolute Gasteiger partial charge is 0.497 e. The van der Waals surface area contributed by atoms with Crippen LogP contribution in [0.2, 0.25) is 0 Å². The van der Waals surface area contributed by atoms with Gasteiger partial charge < -0.3 is 4.74 Å². The highest BCUT2D eigenvalue weighted by Gasteiger charge is 2.31. The summed E-state index contributed by atoms with van der Waals surface area (Å²) in [5.41, 5.74) is 16.0. The summed E-state index contributed by atoms with van der Waals surface area (Å²) in [5.74, 6) is 0.788. The molecule has 0 spiro atoms. The van der Waals surface area contributed by atoms with Gasteiger partial charge in [0.25, 0.3) is 0 Å². The predicted octanol–water partition coefficient (Wildman–Crippen LogP) is 13.4. The van der Waals surface area contributed by atoms with Crippen molar-refractivity contribution in [3.05, 3.63) is 176 Å². The quantitative estimate of drug-likeness (QED) is 0.169. The number of ether oxygens (including phenoxy) is 1. The molecule has 2 aromatic heterocycles. The van der Waals surface area contributed by atoms with E-state index in [4.69, 9.17) is 14.7 Å². The van der Waals surface area contributed by atoms with E-state index in [1.54, 1.807) is 7.11 Å². The van der Waals surface area contributed by atoms with Gasteiger partial charge in [-0.2, -0.15) is 0 Å². The molecule has 0 bridgehead atoms. The monoisotopic (exact) mass is 688 g/mol. The first-order chi connectivity index (χ1) is 26.7. The van der Waals surface area contributed by atoms with Crippen molar-refractivity contribution in [2.75, 3.05) is 7.11 Å². The van der Waals surface area contributed by atoms with Crippen molar-refractivity contribution in [1.82, 2.24) is 9.97 Å². The van der Waals surface area contributed by atoms with E-state index in [-0.39, 0.29) is 0 Å². The smallest absolute Gasteiger partial charge is 0.120 e. The van der Waals surface area contributed by atoms with E-state index >= 15 is 0 Å². The molecule has 2 heterocycles. The summed E-state index contributed by atoms with van der Waals surface area (Å²) in [7, 11) is 1.74. The molecule has 0 aliphatic heterocycles. The first-order valence-corrected chi connectivity index (χ1v) is 18.4. The number of fused-ring (bicyclic) bond motifs is 7. The Kier molecular flexibility index (Phi) is 6.77. The van der Waals surface area contributed by atoms with E-state index in [2.05, 4.69) is 164 Å². The van der Waals surface area contributed by atoms with Crippen LogP contribution in [-0.2, 0) is 0 Å². The second kappa shape index (κ2) is 12.0. The third kappa shape index (κ3) is 4.55. The number of rotatable bonds is 5. The summed E-state index contributed by atoms with van der Waals surface area (Å²) in [6, 6.07) is 61.1. The number of nitrogens with zero attached hydrogens (tertiary/aromatic N) is 2. The lowest BCUT2D eigenvalue weighted by Crippen LogP contribution is -1.93. The van der Waals surface area contributed by atoms with E-state index in [9.17, 15) is 0 Å². The molecule has 0 amide bonds. The highest BCUT2D eigenvalue weighted by Crippen LogP contribution is 2.58. The Hall–Kier alpha value is -7.10. The molecule has 0 unspecified atom stereocenters. The SMILES string of the molecule is COc1cc(-c2ccc3ccc4cccnc4c3n2)cc(-c2ccc3c4c(cccc24)-c2c-3c(-c3ccccc3)c3ccccc3c2-c2ccccc2)c1. The molecule has 54 heavy (non-hydrogen) atoms. The van der Waals surface area contributed by atoms with E-state index in [1.807, 2.05) is 12.3 Å². The highest BCUT2D eigenvalue weighted by molar-refractivity contribution is 6.28. The van der Waals surface area contributed by atoms with Gasteiger partial charge in [0.15, 0.2) is 0 Å². The van der Waals surface area contributed by atoms with Gasteiger partial charge in [0, 0.05) is 22.5 Å². The van der Waals surface area contributed by atoms with Gasteiger partial charge in [-0.15, -0.1) is 0 Å². The van der Waals surface area contributed by atoms with E-state index in [0.717, 1.165) is 49.9 Å². The lowest BCUT2D eigenvalue weighted by molar-refractivity contribution is 0.415. The van der Waals surface area contributed by atoms with Crippen LogP contribution in [0.3, 0.4) is 0 Å². The maximum atomic E-state index is 5.95. The molecule has 10 aromatic rings. The average molecular weight is 689 g/mol. The van der Waals surface area contributed by atoms with E-state index in [0.29, 0.717) is 0 Å². The summed E-state index contributed by atoms with van der Waals surface area (Å²) >= 11 is 0. The van der Waals surface area contributed by atoms with Crippen molar-refractivity contribution >= 4 is 43.4 Å². The van der Waals surface area contributed by atoms with Crippen LogP contribution >= 0.6 is 0 Å². The first kappa shape index (κ1) is 30.5. The Labute approximate surface area is 312 Å². The predicted molar refractivity (Wildman–Crippen MR) is 225 cm³/mol. The van der Waals surface area contributed by atoms with Crippen LogP contribution in [0, 0.1) is 0 Å². The first-order valence-electron chi connectivity index (χ1n) is 18.4. The fourth-order valence-corrected chi connectivity index (χ4v) is 8.77. The van der Waals surface area contributed by atoms with Crippen molar-refractivity contribution in [3.8, 4) is 72.6 Å². The van der Waals surface area contributed by atoms with Gasteiger partial charge in [-0.05, 0) is 108 Å². The maximum Gasteiger partial charge on any atom is 0.120 e. The van der Waals surface area contributed by atoms with Crippen LogP contribution in [-0.4, -0.2) is 17.1 Å². The molecular weight excluding hydrogens is 657 g/mol. The Bertz CT molecular complexity index is 3040. The molecule has 1 aliphatic rings. The molecule has 8 aromatic carbocycles. The average Bonchev–Trinajstić information content (AvgIpc) is 3.57. The molecule has 3 heteroatoms. The van der Waals surface area contributed by atoms with Gasteiger partial charge in [0.1, 0.15) is 5.75 Å². The van der Waals surface area contributed by atoms with Gasteiger partial charge in [-0.3, -0.25) is 4.98 Å². The maximum absolute atomic E-state index is 5.95. The number of methoxy groups -OCH3 is 1. The lowest BCUT2D eigenvalue weighted by atomic mass is 9.82. The fourth-order valence-electron chi connectivity index (χ4n) is 8.77. The second-order valence-electron chi connectivity index (χ2n) is 14.0. The number of pyridine rings is 2. The Morgan fingerprint density at radius 2 is 1.00 bits per heavy atom. The zero-order valence-corrected chi connectivity index (χ0v) is 29.5. The lowest BCUT2D eigenvalue weighted by Gasteiger charge is -2.20.